The van der Waals surface area contributed by atoms with E-state index in [0.29, 0.717) is 64.0 Å². The number of ether oxygens (including phenoxy) is 1. The van der Waals surface area contributed by atoms with E-state index in [4.69, 9.17) is 10.5 Å². The molecule has 6 aliphatic carbocycles. The van der Waals surface area contributed by atoms with Crippen molar-refractivity contribution in [2.24, 2.45) is 63.1 Å². The highest BCUT2D eigenvalue weighted by atomic mass is 16.6. The van der Waals surface area contributed by atoms with Crippen molar-refractivity contribution < 1.29 is 39.9 Å². The Hall–Kier alpha value is -3.16. The number of carbonyl (C=O) groups excluding carboxylic acids is 2. The van der Waals surface area contributed by atoms with Crippen molar-refractivity contribution in [1.29, 1.82) is 0 Å². The summed E-state index contributed by atoms with van der Waals surface area (Å²) in [4.78, 5) is 31.4. The van der Waals surface area contributed by atoms with Gasteiger partial charge in [0.2, 0.25) is 0 Å². The molecule has 2 aromatic carbocycles. The second-order valence-electron chi connectivity index (χ2n) is 28.3. The molecule has 0 spiro atoms. The van der Waals surface area contributed by atoms with Crippen molar-refractivity contribution in [3.05, 3.63) is 69.8 Å². The summed E-state index contributed by atoms with van der Waals surface area (Å²) in [6.07, 6.45) is 13.7. The fraction of sp³-hybridized carbons (Fsp3) is 0.754. The van der Waals surface area contributed by atoms with Crippen molar-refractivity contribution in [1.82, 2.24) is 10.6 Å². The van der Waals surface area contributed by atoms with Crippen molar-refractivity contribution in [3.63, 3.8) is 0 Å². The number of aliphatic hydroxyl groups is 4. The molecule has 0 aromatic heterocycles. The molecule has 8 aliphatic rings. The summed E-state index contributed by atoms with van der Waals surface area (Å²) in [6, 6.07) is 12.1. The second kappa shape index (κ2) is 21.1. The van der Waals surface area contributed by atoms with Crippen LogP contribution in [0.2, 0.25) is 0 Å². The monoisotopic (exact) mass is 1050 g/mol. The Kier molecular flexibility index (Phi) is 15.6. The number of ketones is 2. The van der Waals surface area contributed by atoms with Crippen LogP contribution in [0.25, 0.3) is 0 Å². The van der Waals surface area contributed by atoms with Crippen LogP contribution in [0, 0.1) is 63.1 Å². The van der Waals surface area contributed by atoms with Gasteiger partial charge in [-0.05, 0) is 221 Å². The molecule has 0 radical (unpaired) electrons. The number of hydrogen-bond acceptors (Lipinski definition) is 11. The first-order chi connectivity index (χ1) is 36.0. The van der Waals surface area contributed by atoms with Gasteiger partial charge in [0.15, 0.2) is 5.78 Å². The third-order valence-corrected chi connectivity index (χ3v) is 22.8. The number of carbonyl (C=O) groups is 2. The lowest BCUT2D eigenvalue weighted by molar-refractivity contribution is -0.208. The number of epoxide rings is 1. The maximum Gasteiger partial charge on any atom is 0.160 e. The van der Waals surface area contributed by atoms with Gasteiger partial charge in [-0.15, -0.1) is 0 Å². The maximum atomic E-state index is 15.7. The van der Waals surface area contributed by atoms with Gasteiger partial charge in [0, 0.05) is 61.2 Å². The first-order valence-corrected chi connectivity index (χ1v) is 30.3. The highest BCUT2D eigenvalue weighted by molar-refractivity contribution is 6.01. The molecular weight excluding hydrogens is 951 g/mol. The minimum Gasteiger partial charge on any atom is -0.508 e. The van der Waals surface area contributed by atoms with Gasteiger partial charge in [0.05, 0.1) is 17.3 Å². The third kappa shape index (κ3) is 9.69. The number of hydrogen-bond donors (Lipinski definition) is 8. The number of Topliss-reactive ketones (excluding diaryl/α,β-unsaturated/α-hetero) is 2. The molecule has 17 unspecified atom stereocenters. The number of nitrogen functional groups attached to an aromatic ring is 1. The molecule has 5 saturated carbocycles. The summed E-state index contributed by atoms with van der Waals surface area (Å²) in [5.41, 5.74) is 10.1. The standard InChI is InChI=1S/C65H97N3O8/c1-38(2)23-40-25-43(29-45(66)27-40)47-15-12-16-50(47)64(7)59(76-64)53(72)31-48(42-14-11-13-39(24-42)36-70)56-51-17-18-55-62(5)32-49(44-26-41(35-67-8)28-46(71)30-44)58(74)61(4)20-10-9-19-60(3,75)37-68-52(57(61)62)33-65(55,21-22-69)63(51,6)34-54(56)73/h25-30,38-39,42,47-50,52-53,55,57,59,67-72,75H,9-24,31-37,66H2,1-8H3. The number of β-amino-alcohol motifs (C(OH)–C–C–N with tert-alkyl or cyclic N) is 1. The smallest absolute Gasteiger partial charge is 0.160 e. The molecule has 11 heteroatoms. The lowest BCUT2D eigenvalue weighted by Crippen LogP contribution is -2.71. The first-order valence-electron chi connectivity index (χ1n) is 30.3. The zero-order chi connectivity index (χ0) is 54.3. The van der Waals surface area contributed by atoms with Crippen molar-refractivity contribution in [2.45, 2.75) is 218 Å². The summed E-state index contributed by atoms with van der Waals surface area (Å²) in [7, 11) is 1.89. The van der Waals surface area contributed by atoms with Gasteiger partial charge in [-0.1, -0.05) is 78.0 Å². The molecular formula is C65H97N3O8. The number of rotatable bonds is 15. The lowest BCUT2D eigenvalue weighted by atomic mass is 9.33. The number of anilines is 1. The minimum atomic E-state index is -0.942. The second-order valence-corrected chi connectivity index (χ2v) is 28.3. The van der Waals surface area contributed by atoms with E-state index in [1.54, 1.807) is 6.07 Å². The van der Waals surface area contributed by atoms with Gasteiger partial charge >= 0.3 is 0 Å². The molecule has 420 valence electrons. The lowest BCUT2D eigenvalue weighted by Gasteiger charge is -2.72. The van der Waals surface area contributed by atoms with E-state index in [1.165, 1.54) is 16.7 Å². The largest absolute Gasteiger partial charge is 0.508 e. The van der Waals surface area contributed by atoms with Crippen molar-refractivity contribution >= 4 is 17.3 Å². The number of nitrogens with one attached hydrogen (secondary N) is 2. The van der Waals surface area contributed by atoms with E-state index in [-0.39, 0.29) is 84.1 Å². The Morgan fingerprint density at radius 1 is 0.882 bits per heavy atom. The minimum absolute atomic E-state index is 0.0367. The van der Waals surface area contributed by atoms with Crippen LogP contribution in [0.15, 0.2) is 47.5 Å². The van der Waals surface area contributed by atoms with Crippen LogP contribution in [0.1, 0.15) is 198 Å². The van der Waals surface area contributed by atoms with E-state index in [9.17, 15) is 25.5 Å². The van der Waals surface area contributed by atoms with E-state index in [0.717, 1.165) is 99.4 Å². The number of phenols is 1. The highest BCUT2D eigenvalue weighted by Crippen LogP contribution is 2.77. The van der Waals surface area contributed by atoms with E-state index >= 15 is 9.59 Å². The average molecular weight is 1050 g/mol. The van der Waals surface area contributed by atoms with Gasteiger partial charge in [0.1, 0.15) is 17.6 Å². The summed E-state index contributed by atoms with van der Waals surface area (Å²) < 4.78 is 6.81. The SMILES string of the molecule is CNCc1cc(O)cc(C2CC3(C)C4C(CC5(CCO)C3CCC3=C(C(CC(O)C6OC6(C)C6CCCC6c6cc(N)cc(CC(C)C)c6)C6CCCC(CO)C6)C(=O)CC35C)NCC(C)(O)CCCCC4(C)C2=O)c1. The number of aliphatic hydroxyl groups excluding tert-OH is 3. The van der Waals surface area contributed by atoms with Crippen LogP contribution in [0.3, 0.4) is 0 Å². The van der Waals surface area contributed by atoms with Crippen LogP contribution in [-0.4, -0.2) is 93.4 Å². The van der Waals surface area contributed by atoms with Crippen molar-refractivity contribution in [2.75, 3.05) is 32.5 Å². The number of benzene rings is 2. The molecule has 2 saturated heterocycles. The summed E-state index contributed by atoms with van der Waals surface area (Å²) in [6.45, 7) is 16.7. The Morgan fingerprint density at radius 2 is 1.63 bits per heavy atom. The van der Waals surface area contributed by atoms with Gasteiger partial charge in [0.25, 0.3) is 0 Å². The van der Waals surface area contributed by atoms with E-state index in [2.05, 4.69) is 76.4 Å². The van der Waals surface area contributed by atoms with Gasteiger partial charge < -0.3 is 46.6 Å². The molecule has 76 heavy (non-hydrogen) atoms. The van der Waals surface area contributed by atoms with Crippen LogP contribution < -0.4 is 16.4 Å². The van der Waals surface area contributed by atoms with Crippen LogP contribution in [0.4, 0.5) is 5.69 Å². The average Bonchev–Trinajstić information content (AvgIpc) is 3.85. The Balaban J connectivity index is 1.04. The highest BCUT2D eigenvalue weighted by Gasteiger charge is 2.73. The van der Waals surface area contributed by atoms with Crippen LogP contribution in [0.5, 0.6) is 5.75 Å². The molecule has 17 atom stereocenters. The van der Waals surface area contributed by atoms with E-state index < -0.39 is 44.9 Å². The molecule has 2 aromatic rings. The van der Waals surface area contributed by atoms with E-state index in [1.807, 2.05) is 20.0 Å². The number of phenolic OH excluding ortho intramolecular Hbond substituents is 1. The van der Waals surface area contributed by atoms with Gasteiger partial charge in [-0.25, -0.2) is 0 Å². The summed E-state index contributed by atoms with van der Waals surface area (Å²) in [5.74, 6) is 1.20. The molecule has 7 fully saturated rings. The predicted molar refractivity (Wildman–Crippen MR) is 299 cm³/mol. The molecule has 11 nitrogen and oxygen atoms in total. The Bertz CT molecular complexity index is 2520. The topological polar surface area (TPSA) is 198 Å². The zero-order valence-electron chi connectivity index (χ0n) is 47.7. The molecule has 9 N–H and O–H groups in total. The Morgan fingerprint density at radius 3 is 2.37 bits per heavy atom. The normalized spacial score (nSPS) is 41.4. The van der Waals surface area contributed by atoms with Gasteiger partial charge in [-0.3, -0.25) is 9.59 Å². The third-order valence-electron chi connectivity index (χ3n) is 22.8. The molecule has 2 heterocycles. The zero-order valence-corrected chi connectivity index (χ0v) is 47.7. The number of allylic oxidation sites excluding steroid dienone is 2. The number of nitrogens with two attached hydrogens (primary N) is 1. The molecule has 0 amide bonds. The quantitative estimate of drug-likeness (QED) is 0.0624. The summed E-state index contributed by atoms with van der Waals surface area (Å²) in [5, 5.41) is 65.3. The predicted octanol–water partition coefficient (Wildman–Crippen LogP) is 10.2. The van der Waals surface area contributed by atoms with Gasteiger partial charge in [-0.2, -0.15) is 0 Å². The Labute approximate surface area is 455 Å². The fourth-order valence-corrected chi connectivity index (χ4v) is 19.8. The van der Waals surface area contributed by atoms with Crippen LogP contribution in [-0.2, 0) is 27.3 Å². The summed E-state index contributed by atoms with van der Waals surface area (Å²) >= 11 is 0. The maximum absolute atomic E-state index is 15.7. The fourth-order valence-electron chi connectivity index (χ4n) is 19.8. The molecule has 10 rings (SSSR count). The number of fused-ring (bicyclic) bond motifs is 4. The molecule has 0 bridgehead atoms. The van der Waals surface area contributed by atoms with Crippen molar-refractivity contribution in [3.8, 4) is 5.75 Å². The van der Waals surface area contributed by atoms with Crippen LogP contribution >= 0.6 is 0 Å². The molecule has 2 aliphatic heterocycles. The number of aromatic hydroxyl groups is 1. The first kappa shape index (κ1) is 56.1.